The molecule has 21 heteroatoms. The predicted molar refractivity (Wildman–Crippen MR) is 361 cm³/mol. The monoisotopic (exact) mass is 1290 g/mol. The number of piperazine rings is 2. The van der Waals surface area contributed by atoms with Crippen molar-refractivity contribution in [3.05, 3.63) is 120 Å². The Morgan fingerprint density at radius 2 is 0.847 bits per heavy atom. The van der Waals surface area contributed by atoms with Gasteiger partial charge in [-0.15, -0.1) is 74.4 Å². The highest BCUT2D eigenvalue weighted by molar-refractivity contribution is 6.01. The van der Waals surface area contributed by atoms with Crippen molar-refractivity contribution in [1.29, 1.82) is 0 Å². The molecular weight excluding hydrogens is 1200 g/mol. The molecule has 0 spiro atoms. The third kappa shape index (κ3) is 12.8. The Labute approximate surface area is 540 Å². The van der Waals surface area contributed by atoms with E-state index >= 15 is 0 Å². The molecule has 4 fully saturated rings. The minimum atomic E-state index is 0. The van der Waals surface area contributed by atoms with Crippen LogP contribution in [-0.4, -0.2) is 165 Å². The van der Waals surface area contributed by atoms with Gasteiger partial charge in [-0.3, -0.25) is 28.7 Å². The van der Waals surface area contributed by atoms with Gasteiger partial charge >= 0.3 is 0 Å². The Morgan fingerprint density at radius 3 is 1.24 bits per heavy atom. The number of nitrogens with zero attached hydrogens (tertiary/aromatic N) is 10. The van der Waals surface area contributed by atoms with Gasteiger partial charge in [0.05, 0.1) is 48.7 Å². The number of fused-ring (bicyclic) bond motifs is 6. The molecule has 2 aromatic heterocycles. The van der Waals surface area contributed by atoms with Crippen LogP contribution in [0.2, 0.25) is 0 Å². The fourth-order valence-corrected chi connectivity index (χ4v) is 15.9. The van der Waals surface area contributed by atoms with Crippen molar-refractivity contribution in [3.8, 4) is 11.5 Å². The van der Waals surface area contributed by atoms with Crippen LogP contribution in [0, 0.1) is 10.8 Å². The number of aromatic nitrogens is 2. The fourth-order valence-electron chi connectivity index (χ4n) is 15.9. The van der Waals surface area contributed by atoms with E-state index in [1.807, 2.05) is 24.3 Å². The molecule has 10 heterocycles. The van der Waals surface area contributed by atoms with Crippen molar-refractivity contribution in [2.45, 2.75) is 90.1 Å². The van der Waals surface area contributed by atoms with Crippen molar-refractivity contribution in [2.24, 2.45) is 21.1 Å². The van der Waals surface area contributed by atoms with Crippen LogP contribution in [0.3, 0.4) is 0 Å². The molecule has 4 atom stereocenters. The largest absolute Gasteiger partial charge is 0.495 e. The number of anilines is 2. The van der Waals surface area contributed by atoms with Crippen LogP contribution in [0.1, 0.15) is 99.8 Å². The molecule has 8 aliphatic rings. The van der Waals surface area contributed by atoms with Gasteiger partial charge in [0.15, 0.2) is 11.7 Å². The molecule has 2 N–H and O–H groups in total. The molecule has 0 radical (unpaired) electrons. The van der Waals surface area contributed by atoms with Crippen molar-refractivity contribution < 1.29 is 24.6 Å². The molecule has 0 unspecified atom stereocenters. The van der Waals surface area contributed by atoms with Gasteiger partial charge < -0.3 is 34.4 Å². The number of oxime groups is 2. The van der Waals surface area contributed by atoms with Gasteiger partial charge in [0.2, 0.25) is 0 Å². The van der Waals surface area contributed by atoms with E-state index in [0.29, 0.717) is 25.3 Å². The maximum Gasteiger partial charge on any atom is 0.153 e. The summed E-state index contributed by atoms with van der Waals surface area (Å²) in [4.78, 5) is 27.6. The molecule has 468 valence electrons. The summed E-state index contributed by atoms with van der Waals surface area (Å²) in [5.41, 5.74) is 11.6. The number of halogens is 6. The van der Waals surface area contributed by atoms with Crippen LogP contribution >= 0.6 is 74.4 Å². The van der Waals surface area contributed by atoms with Crippen LogP contribution in [0.25, 0.3) is 21.8 Å². The summed E-state index contributed by atoms with van der Waals surface area (Å²) in [6.07, 6.45) is 11.8. The maximum absolute atomic E-state index is 6.13. The third-order valence-electron chi connectivity index (χ3n) is 19.9. The van der Waals surface area contributed by atoms with Crippen LogP contribution < -0.4 is 19.3 Å². The first-order chi connectivity index (χ1) is 38.4. The zero-order valence-corrected chi connectivity index (χ0v) is 54.7. The average molecular weight is 1290 g/mol. The highest BCUT2D eigenvalue weighted by Crippen LogP contribution is 2.59. The van der Waals surface area contributed by atoms with Gasteiger partial charge in [0, 0.05) is 114 Å². The molecule has 8 aliphatic heterocycles. The molecule has 0 amide bonds. The molecule has 4 aromatic carbocycles. The summed E-state index contributed by atoms with van der Waals surface area (Å²) in [5.74, 6) is 4.11. The summed E-state index contributed by atoms with van der Waals surface area (Å²) >= 11 is 0. The van der Waals surface area contributed by atoms with Crippen molar-refractivity contribution in [2.75, 3.05) is 129 Å². The van der Waals surface area contributed by atoms with Gasteiger partial charge in [-0.25, -0.2) is 0 Å². The van der Waals surface area contributed by atoms with Gasteiger partial charge in [-0.1, -0.05) is 84.8 Å². The number of rotatable bonds is 14. The van der Waals surface area contributed by atoms with Crippen molar-refractivity contribution >= 4 is 119 Å². The number of piperidine rings is 2. The lowest BCUT2D eigenvalue weighted by Gasteiger charge is -2.55. The van der Waals surface area contributed by atoms with Crippen LogP contribution in [0.15, 0.2) is 107 Å². The number of hydrogen-bond acceptors (Lipinski definition) is 12. The lowest BCUT2D eigenvalue weighted by atomic mass is 9.64. The molecule has 4 saturated heterocycles. The summed E-state index contributed by atoms with van der Waals surface area (Å²) in [7, 11) is 3.50. The first-order valence-electron chi connectivity index (χ1n) is 29.8. The van der Waals surface area contributed by atoms with E-state index in [-0.39, 0.29) is 90.7 Å². The minimum absolute atomic E-state index is 0. The Balaban J connectivity index is 0.000000252. The van der Waals surface area contributed by atoms with Crippen LogP contribution in [0.4, 0.5) is 11.4 Å². The first kappa shape index (κ1) is 69.7. The second-order valence-electron chi connectivity index (χ2n) is 23.5. The van der Waals surface area contributed by atoms with E-state index in [2.05, 4.69) is 125 Å². The lowest BCUT2D eigenvalue weighted by Crippen LogP contribution is -2.53. The first-order valence-corrected chi connectivity index (χ1v) is 29.8. The molecular formula is C64H90Cl6N10O5. The second kappa shape index (κ2) is 30.2. The number of ether oxygens (including phenoxy) is 2. The molecule has 14 rings (SSSR count). The van der Waals surface area contributed by atoms with Crippen LogP contribution in [0.5, 0.6) is 11.5 Å². The third-order valence-corrected chi connectivity index (χ3v) is 19.9. The standard InChI is InChI=1S/2C32H41N5O2.6ClH.H2O/c2*1-3-32-14-8-15-36-16-13-25-24-9-4-5-10-26(24)37(30(25)31(32)36)29(23-32)33-39-22-21-34-17-19-35(20-18-34)27-11-6-7-12-28(27)38-2;;;;;;;/h2*4-7,9-12,31H,3,8,13-23H2,1-2H3;6*1H;1H2/b2*33-29-;;;;;;;/t2*31-,32+;;;;;;;/m11......./s1. The highest BCUT2D eigenvalue weighted by atomic mass is 35.5. The van der Waals surface area contributed by atoms with Gasteiger partial charge in [0.25, 0.3) is 0 Å². The molecule has 0 aliphatic carbocycles. The Hall–Kier alpha value is -4.36. The normalized spacial score (nSPS) is 24.0. The summed E-state index contributed by atoms with van der Waals surface area (Å²) in [5, 5.41) is 12.6. The van der Waals surface area contributed by atoms with E-state index < -0.39 is 0 Å². The smallest absolute Gasteiger partial charge is 0.153 e. The molecule has 85 heavy (non-hydrogen) atoms. The average Bonchev–Trinajstić information content (AvgIpc) is 1.78. The highest BCUT2D eigenvalue weighted by Gasteiger charge is 2.54. The van der Waals surface area contributed by atoms with E-state index in [1.54, 1.807) is 25.3 Å². The zero-order chi connectivity index (χ0) is 52.8. The van der Waals surface area contributed by atoms with E-state index in [9.17, 15) is 0 Å². The van der Waals surface area contributed by atoms with Crippen molar-refractivity contribution in [1.82, 2.24) is 28.7 Å². The van der Waals surface area contributed by atoms with Gasteiger partial charge in [0.1, 0.15) is 24.7 Å². The number of benzene rings is 4. The number of hydrogen-bond donors (Lipinski definition) is 0. The molecule has 0 saturated carbocycles. The Kier molecular flexibility index (Phi) is 24.8. The summed E-state index contributed by atoms with van der Waals surface area (Å²) < 4.78 is 16.1. The quantitative estimate of drug-likeness (QED) is 0.0769. The Bertz CT molecular complexity index is 2990. The van der Waals surface area contributed by atoms with E-state index in [1.165, 1.54) is 109 Å². The SMILES string of the molecule is CC[C@]12CCCN3CCc4c(n(c5ccccc45)/C(=N\OCCN4CCN(c5ccccc5OC)CC4)C1)[C@@H]32.CC[C@]12CCCN3CCc4c(n(c5ccccc45)/C(=N\OCCN4CCN(c5ccccc5OC)CC4)C1)[C@@H]32.Cl.Cl.Cl.Cl.Cl.Cl.O. The van der Waals surface area contributed by atoms with Crippen LogP contribution in [-0.2, 0) is 22.5 Å². The fraction of sp³-hybridized carbons (Fsp3) is 0.531. The molecule has 0 bridgehead atoms. The summed E-state index contributed by atoms with van der Waals surface area (Å²) in [6.45, 7) is 20.7. The zero-order valence-electron chi connectivity index (χ0n) is 49.8. The second-order valence-corrected chi connectivity index (χ2v) is 23.5. The minimum Gasteiger partial charge on any atom is -0.495 e. The molecule has 15 nitrogen and oxygen atoms in total. The molecule has 6 aromatic rings. The van der Waals surface area contributed by atoms with Crippen molar-refractivity contribution in [3.63, 3.8) is 0 Å². The maximum atomic E-state index is 6.13. The van der Waals surface area contributed by atoms with Gasteiger partial charge in [-0.2, -0.15) is 0 Å². The Morgan fingerprint density at radius 1 is 0.471 bits per heavy atom. The topological polar surface area (TPSA) is 122 Å². The predicted octanol–water partition coefficient (Wildman–Crippen LogP) is 12.0. The van der Waals surface area contributed by atoms with Gasteiger partial charge in [-0.05, 0) is 123 Å². The number of methoxy groups -OCH3 is 2. The van der Waals surface area contributed by atoms with E-state index in [4.69, 9.17) is 29.5 Å². The number of para-hydroxylation sites is 6. The summed E-state index contributed by atoms with van der Waals surface area (Å²) in [6, 6.07) is 35.5. The van der Waals surface area contributed by atoms with E-state index in [0.717, 1.165) is 114 Å². The lowest BCUT2D eigenvalue weighted by molar-refractivity contribution is -0.00501.